The van der Waals surface area contributed by atoms with Gasteiger partial charge in [0.05, 0.1) is 16.9 Å². The third-order valence-corrected chi connectivity index (χ3v) is 7.74. The Kier molecular flexibility index (Phi) is 3.73. The largest absolute Gasteiger partial charge is 0.390 e. The number of sulfone groups is 1. The molecule has 1 aromatic heterocycles. The number of carbonyl (C=O) groups is 1. The van der Waals surface area contributed by atoms with Crippen molar-refractivity contribution in [3.8, 4) is 0 Å². The number of nitrogens with zero attached hydrogens (tertiary/aromatic N) is 2. The van der Waals surface area contributed by atoms with Crippen LogP contribution in [0.5, 0.6) is 0 Å². The van der Waals surface area contributed by atoms with Crippen LogP contribution in [0, 0.1) is 17.8 Å². The third-order valence-electron chi connectivity index (χ3n) is 6.88. The van der Waals surface area contributed by atoms with E-state index in [2.05, 4.69) is 15.3 Å². The summed E-state index contributed by atoms with van der Waals surface area (Å²) in [6.07, 6.45) is 8.88. The van der Waals surface area contributed by atoms with Crippen LogP contribution in [0.25, 0.3) is 0 Å². The van der Waals surface area contributed by atoms with Crippen molar-refractivity contribution in [1.82, 2.24) is 15.3 Å². The minimum Gasteiger partial charge on any atom is -0.390 e. The predicted octanol–water partition coefficient (Wildman–Crippen LogP) is 1.43. The van der Waals surface area contributed by atoms with Crippen molar-refractivity contribution in [2.45, 2.75) is 67.7 Å². The van der Waals surface area contributed by atoms with Gasteiger partial charge in [-0.05, 0) is 62.7 Å². The van der Waals surface area contributed by atoms with Crippen molar-refractivity contribution in [3.05, 3.63) is 17.5 Å². The predicted molar refractivity (Wildman–Crippen MR) is 96.9 cm³/mol. The van der Waals surface area contributed by atoms with Gasteiger partial charge >= 0.3 is 0 Å². The van der Waals surface area contributed by atoms with E-state index in [0.717, 1.165) is 51.2 Å². The minimum atomic E-state index is -3.50. The number of carbonyl (C=O) groups excluding carboxylic acids is 1. The summed E-state index contributed by atoms with van der Waals surface area (Å²) in [4.78, 5) is 21.2. The Morgan fingerprint density at radius 1 is 1.22 bits per heavy atom. The number of rotatable bonds is 4. The SMILES string of the molecule is CS(=O)(=O)c1ncc(C(=O)NC2C3CC4CC2CC(O)(C4)C3)c(C2CC2)n1. The maximum absolute atomic E-state index is 13.0. The zero-order chi connectivity index (χ0) is 19.0. The summed E-state index contributed by atoms with van der Waals surface area (Å²) in [5.41, 5.74) is 0.430. The van der Waals surface area contributed by atoms with Gasteiger partial charge in [-0.2, -0.15) is 0 Å². The third kappa shape index (κ3) is 3.06. The van der Waals surface area contributed by atoms with Gasteiger partial charge in [0.1, 0.15) is 0 Å². The molecule has 0 saturated heterocycles. The van der Waals surface area contributed by atoms with E-state index in [1.54, 1.807) is 0 Å². The smallest absolute Gasteiger partial charge is 0.254 e. The second-order valence-corrected chi connectivity index (χ2v) is 11.1. The first-order chi connectivity index (χ1) is 12.7. The van der Waals surface area contributed by atoms with Crippen LogP contribution < -0.4 is 5.32 Å². The highest BCUT2D eigenvalue weighted by molar-refractivity contribution is 7.90. The molecule has 8 heteroatoms. The second kappa shape index (κ2) is 5.73. The van der Waals surface area contributed by atoms with Crippen molar-refractivity contribution in [1.29, 1.82) is 0 Å². The van der Waals surface area contributed by atoms with E-state index < -0.39 is 15.4 Å². The van der Waals surface area contributed by atoms with E-state index in [4.69, 9.17) is 0 Å². The average molecular weight is 391 g/mol. The highest BCUT2D eigenvalue weighted by atomic mass is 32.2. The summed E-state index contributed by atoms with van der Waals surface area (Å²) in [6.45, 7) is 0. The molecule has 0 spiro atoms. The molecule has 4 bridgehead atoms. The van der Waals surface area contributed by atoms with Gasteiger partial charge in [-0.1, -0.05) is 0 Å². The molecule has 1 amide bonds. The van der Waals surface area contributed by atoms with Gasteiger partial charge < -0.3 is 10.4 Å². The van der Waals surface area contributed by atoms with Crippen LogP contribution in [0.15, 0.2) is 11.4 Å². The van der Waals surface area contributed by atoms with Crippen LogP contribution in [0.2, 0.25) is 0 Å². The van der Waals surface area contributed by atoms with Gasteiger partial charge in [0.2, 0.25) is 15.0 Å². The number of hydrogen-bond donors (Lipinski definition) is 2. The monoisotopic (exact) mass is 391 g/mol. The van der Waals surface area contributed by atoms with E-state index in [1.807, 2.05) is 0 Å². The Hall–Kier alpha value is -1.54. The van der Waals surface area contributed by atoms with Gasteiger partial charge in [-0.3, -0.25) is 4.79 Å². The first kappa shape index (κ1) is 17.6. The van der Waals surface area contributed by atoms with E-state index in [9.17, 15) is 18.3 Å². The lowest BCUT2D eigenvalue weighted by molar-refractivity contribution is -0.136. The topological polar surface area (TPSA) is 109 Å². The molecule has 27 heavy (non-hydrogen) atoms. The van der Waals surface area contributed by atoms with Crippen molar-refractivity contribution in [3.63, 3.8) is 0 Å². The summed E-state index contributed by atoms with van der Waals surface area (Å²) in [5, 5.41) is 13.7. The molecule has 2 unspecified atom stereocenters. The number of hydrogen-bond acceptors (Lipinski definition) is 6. The molecular weight excluding hydrogens is 366 g/mol. The molecule has 1 heterocycles. The fourth-order valence-corrected chi connectivity index (χ4v) is 6.35. The quantitative estimate of drug-likeness (QED) is 0.752. The van der Waals surface area contributed by atoms with Gasteiger partial charge in [0.25, 0.3) is 5.91 Å². The lowest BCUT2D eigenvalue weighted by Gasteiger charge is -2.58. The Morgan fingerprint density at radius 2 is 1.89 bits per heavy atom. The van der Waals surface area contributed by atoms with Gasteiger partial charge in [-0.15, -0.1) is 0 Å². The van der Waals surface area contributed by atoms with E-state index in [1.165, 1.54) is 6.20 Å². The molecule has 1 aromatic rings. The first-order valence-electron chi connectivity index (χ1n) is 9.82. The number of aliphatic hydroxyl groups is 1. The van der Waals surface area contributed by atoms with E-state index >= 15 is 0 Å². The average Bonchev–Trinajstić information content (AvgIpc) is 3.40. The van der Waals surface area contributed by atoms with Crippen LogP contribution in [-0.4, -0.2) is 47.3 Å². The fraction of sp³-hybridized carbons (Fsp3) is 0.737. The van der Waals surface area contributed by atoms with E-state index in [0.29, 0.717) is 29.0 Å². The molecule has 2 N–H and O–H groups in total. The molecule has 5 fully saturated rings. The molecule has 0 aliphatic heterocycles. The van der Waals surface area contributed by atoms with Crippen LogP contribution in [-0.2, 0) is 9.84 Å². The van der Waals surface area contributed by atoms with Crippen molar-refractivity contribution in [2.75, 3.05) is 6.26 Å². The lowest BCUT2D eigenvalue weighted by Crippen LogP contribution is -2.61. The zero-order valence-corrected chi connectivity index (χ0v) is 16.2. The van der Waals surface area contributed by atoms with Gasteiger partial charge in [0.15, 0.2) is 0 Å². The van der Waals surface area contributed by atoms with Crippen LogP contribution in [0.1, 0.15) is 66.9 Å². The maximum atomic E-state index is 13.0. The minimum absolute atomic E-state index is 0.0796. The molecule has 5 saturated carbocycles. The van der Waals surface area contributed by atoms with Crippen LogP contribution in [0.4, 0.5) is 0 Å². The molecule has 5 aliphatic rings. The Bertz CT molecular complexity index is 896. The standard InChI is InChI=1S/C19H25N3O4S/c1-27(25,26)18-20-9-14(16(22-18)11-2-3-11)17(23)21-15-12-4-10-5-13(15)8-19(24,6-10)7-12/h9-13,15,24H,2-8H2,1H3,(H,21,23). The zero-order valence-electron chi connectivity index (χ0n) is 15.4. The number of amides is 1. The summed E-state index contributed by atoms with van der Waals surface area (Å²) in [5.74, 6) is 1.17. The molecular formula is C19H25N3O4S. The normalized spacial score (nSPS) is 37.4. The Morgan fingerprint density at radius 3 is 2.44 bits per heavy atom. The van der Waals surface area contributed by atoms with Gasteiger partial charge in [-0.25, -0.2) is 18.4 Å². The van der Waals surface area contributed by atoms with Crippen molar-refractivity contribution < 1.29 is 18.3 Å². The highest BCUT2D eigenvalue weighted by Crippen LogP contribution is 2.55. The number of nitrogens with one attached hydrogen (secondary N) is 1. The summed E-state index contributed by atoms with van der Waals surface area (Å²) < 4.78 is 23.5. The Balaban J connectivity index is 1.40. The molecule has 146 valence electrons. The molecule has 2 atom stereocenters. The van der Waals surface area contributed by atoms with Crippen molar-refractivity contribution in [2.24, 2.45) is 17.8 Å². The lowest BCUT2D eigenvalue weighted by atomic mass is 9.52. The Labute approximate surface area is 158 Å². The van der Waals surface area contributed by atoms with E-state index in [-0.39, 0.29) is 23.0 Å². The summed E-state index contributed by atoms with van der Waals surface area (Å²) in [7, 11) is -3.50. The van der Waals surface area contributed by atoms with Crippen molar-refractivity contribution >= 4 is 15.7 Å². The fourth-order valence-electron chi connectivity index (χ4n) is 5.85. The second-order valence-electron chi connectivity index (χ2n) is 9.19. The maximum Gasteiger partial charge on any atom is 0.254 e. The van der Waals surface area contributed by atoms with Crippen LogP contribution in [0.3, 0.4) is 0 Å². The first-order valence-corrected chi connectivity index (χ1v) is 11.7. The molecule has 5 aliphatic carbocycles. The molecule has 0 radical (unpaired) electrons. The summed E-state index contributed by atoms with van der Waals surface area (Å²) in [6, 6.07) is 0.0796. The summed E-state index contributed by atoms with van der Waals surface area (Å²) >= 11 is 0. The van der Waals surface area contributed by atoms with Gasteiger partial charge in [0, 0.05) is 24.4 Å². The molecule has 7 nitrogen and oxygen atoms in total. The highest BCUT2D eigenvalue weighted by Gasteiger charge is 2.55. The molecule has 6 rings (SSSR count). The number of aromatic nitrogens is 2. The molecule has 0 aromatic carbocycles. The van der Waals surface area contributed by atoms with Crippen LogP contribution >= 0.6 is 0 Å².